The maximum atomic E-state index is 11.2. The van der Waals surface area contributed by atoms with Crippen LogP contribution in [-0.2, 0) is 11.3 Å². The monoisotopic (exact) mass is 232 g/mol. The molecule has 0 aromatic heterocycles. The Balaban J connectivity index is 1.73. The zero-order valence-electron chi connectivity index (χ0n) is 9.88. The summed E-state index contributed by atoms with van der Waals surface area (Å²) in [5.41, 5.74) is 2.28. The second-order valence-electron chi connectivity index (χ2n) is 5.08. The Morgan fingerprint density at radius 2 is 2.29 bits per heavy atom. The Bertz CT molecular complexity index is 466. The molecule has 0 radical (unpaired) electrons. The molecular formula is C13H16N2O2. The van der Waals surface area contributed by atoms with Crippen LogP contribution < -0.4 is 15.4 Å². The van der Waals surface area contributed by atoms with Gasteiger partial charge in [0.25, 0.3) is 5.91 Å². The lowest BCUT2D eigenvalue weighted by Gasteiger charge is -2.19. The first kappa shape index (κ1) is 10.6. The normalized spacial score (nSPS) is 20.2. The quantitative estimate of drug-likeness (QED) is 0.833. The van der Waals surface area contributed by atoms with Crippen molar-refractivity contribution in [1.82, 2.24) is 5.32 Å². The number of ether oxygens (including phenoxy) is 1. The number of carbonyl (C=O) groups excluding carboxylic acids is 1. The van der Waals surface area contributed by atoms with Crippen molar-refractivity contribution in [2.75, 3.05) is 11.9 Å². The molecule has 0 saturated heterocycles. The Morgan fingerprint density at radius 1 is 1.47 bits per heavy atom. The first-order valence-electron chi connectivity index (χ1n) is 5.95. The van der Waals surface area contributed by atoms with Crippen LogP contribution in [0.5, 0.6) is 5.75 Å². The van der Waals surface area contributed by atoms with Crippen LogP contribution in [0.2, 0.25) is 0 Å². The number of carbonyl (C=O) groups is 1. The van der Waals surface area contributed by atoms with E-state index < -0.39 is 0 Å². The Labute approximate surface area is 100 Å². The van der Waals surface area contributed by atoms with Gasteiger partial charge in [0.1, 0.15) is 5.75 Å². The largest absolute Gasteiger partial charge is 0.482 e. The zero-order valence-corrected chi connectivity index (χ0v) is 9.88. The van der Waals surface area contributed by atoms with E-state index in [-0.39, 0.29) is 12.5 Å². The van der Waals surface area contributed by atoms with Crippen LogP contribution >= 0.6 is 0 Å². The molecule has 1 fully saturated rings. The fourth-order valence-corrected chi connectivity index (χ4v) is 1.92. The number of hydrogen-bond acceptors (Lipinski definition) is 3. The molecule has 4 heteroatoms. The first-order chi connectivity index (χ1) is 8.15. The van der Waals surface area contributed by atoms with E-state index >= 15 is 0 Å². The highest BCUT2D eigenvalue weighted by molar-refractivity contribution is 5.95. The molecule has 0 spiro atoms. The summed E-state index contributed by atoms with van der Waals surface area (Å²) in [7, 11) is 0. The van der Waals surface area contributed by atoms with E-state index in [0.29, 0.717) is 5.54 Å². The summed E-state index contributed by atoms with van der Waals surface area (Å²) >= 11 is 0. The summed E-state index contributed by atoms with van der Waals surface area (Å²) < 4.78 is 5.32. The number of nitrogens with one attached hydrogen (secondary N) is 2. The maximum Gasteiger partial charge on any atom is 0.262 e. The predicted octanol–water partition coefficient (Wildman–Crippen LogP) is 1.66. The Hall–Kier alpha value is -1.55. The number of anilines is 1. The summed E-state index contributed by atoms with van der Waals surface area (Å²) in [6.07, 6.45) is 2.50. The fourth-order valence-electron chi connectivity index (χ4n) is 1.92. The van der Waals surface area contributed by atoms with E-state index in [1.807, 2.05) is 18.2 Å². The van der Waals surface area contributed by atoms with Crippen molar-refractivity contribution in [2.24, 2.45) is 0 Å². The molecule has 2 N–H and O–H groups in total. The first-order valence-corrected chi connectivity index (χ1v) is 5.95. The lowest BCUT2D eigenvalue weighted by Crippen LogP contribution is -2.28. The van der Waals surface area contributed by atoms with Gasteiger partial charge >= 0.3 is 0 Å². The van der Waals surface area contributed by atoms with Crippen molar-refractivity contribution >= 4 is 11.6 Å². The standard InChI is InChI=1S/C13H16N2O2/c1-13(4-5-13)14-7-9-2-3-11-10(6-9)15-12(16)8-17-11/h2-3,6,14H,4-5,7-8H2,1H3,(H,15,16). The summed E-state index contributed by atoms with van der Waals surface area (Å²) in [5.74, 6) is 0.669. The molecule has 1 aliphatic heterocycles. The minimum atomic E-state index is -0.0863. The zero-order chi connectivity index (χ0) is 11.9. The van der Waals surface area contributed by atoms with Crippen LogP contribution in [0.15, 0.2) is 18.2 Å². The number of fused-ring (bicyclic) bond motifs is 1. The third-order valence-electron chi connectivity index (χ3n) is 3.40. The van der Waals surface area contributed by atoms with Crippen LogP contribution in [0.25, 0.3) is 0 Å². The molecule has 1 aromatic rings. The summed E-state index contributed by atoms with van der Waals surface area (Å²) in [6.45, 7) is 3.18. The average Bonchev–Trinajstić information content (AvgIpc) is 3.05. The molecule has 17 heavy (non-hydrogen) atoms. The lowest BCUT2D eigenvalue weighted by molar-refractivity contribution is -0.118. The van der Waals surface area contributed by atoms with E-state index in [2.05, 4.69) is 17.6 Å². The SMILES string of the molecule is CC1(NCc2ccc3c(c2)NC(=O)CO3)CC1. The van der Waals surface area contributed by atoms with Crippen LogP contribution in [0.4, 0.5) is 5.69 Å². The predicted molar refractivity (Wildman–Crippen MR) is 65.0 cm³/mol. The van der Waals surface area contributed by atoms with Crippen LogP contribution in [0.3, 0.4) is 0 Å². The lowest BCUT2D eigenvalue weighted by atomic mass is 10.1. The van der Waals surface area contributed by atoms with E-state index in [4.69, 9.17) is 4.74 Å². The van der Waals surface area contributed by atoms with E-state index in [1.54, 1.807) is 0 Å². The molecular weight excluding hydrogens is 216 g/mol. The van der Waals surface area contributed by atoms with E-state index in [9.17, 15) is 4.79 Å². The molecule has 3 rings (SSSR count). The topological polar surface area (TPSA) is 50.4 Å². The minimum absolute atomic E-state index is 0.0863. The van der Waals surface area contributed by atoms with Gasteiger partial charge in [0, 0.05) is 12.1 Å². The van der Waals surface area contributed by atoms with Crippen molar-refractivity contribution in [3.05, 3.63) is 23.8 Å². The molecule has 1 saturated carbocycles. The van der Waals surface area contributed by atoms with Crippen molar-refractivity contribution in [3.8, 4) is 5.75 Å². The summed E-state index contributed by atoms with van der Waals surface area (Å²) in [4.78, 5) is 11.2. The Morgan fingerprint density at radius 3 is 3.06 bits per heavy atom. The molecule has 1 heterocycles. The molecule has 1 aromatic carbocycles. The third-order valence-corrected chi connectivity index (χ3v) is 3.40. The molecule has 2 aliphatic rings. The van der Waals surface area contributed by atoms with E-state index in [0.717, 1.165) is 18.0 Å². The fraction of sp³-hybridized carbons (Fsp3) is 0.462. The average molecular weight is 232 g/mol. The highest BCUT2D eigenvalue weighted by atomic mass is 16.5. The van der Waals surface area contributed by atoms with Gasteiger partial charge in [0.15, 0.2) is 6.61 Å². The van der Waals surface area contributed by atoms with Crippen molar-refractivity contribution in [2.45, 2.75) is 31.8 Å². The van der Waals surface area contributed by atoms with Gasteiger partial charge in [0.05, 0.1) is 5.69 Å². The van der Waals surface area contributed by atoms with Crippen molar-refractivity contribution in [3.63, 3.8) is 0 Å². The second-order valence-corrected chi connectivity index (χ2v) is 5.08. The van der Waals surface area contributed by atoms with Crippen LogP contribution in [0, 0.1) is 0 Å². The van der Waals surface area contributed by atoms with Crippen molar-refractivity contribution in [1.29, 1.82) is 0 Å². The highest BCUT2D eigenvalue weighted by Crippen LogP contribution is 2.35. The number of amides is 1. The molecule has 0 atom stereocenters. The molecule has 0 bridgehead atoms. The van der Waals surface area contributed by atoms with E-state index in [1.165, 1.54) is 18.4 Å². The summed E-state index contributed by atoms with van der Waals surface area (Å²) in [6, 6.07) is 5.93. The molecule has 1 aliphatic carbocycles. The van der Waals surface area contributed by atoms with Gasteiger partial charge in [-0.2, -0.15) is 0 Å². The van der Waals surface area contributed by atoms with Crippen molar-refractivity contribution < 1.29 is 9.53 Å². The number of benzene rings is 1. The maximum absolute atomic E-state index is 11.2. The van der Waals surface area contributed by atoms with Gasteiger partial charge in [-0.3, -0.25) is 4.79 Å². The molecule has 0 unspecified atom stereocenters. The Kier molecular flexibility index (Phi) is 2.33. The number of rotatable bonds is 3. The molecule has 4 nitrogen and oxygen atoms in total. The minimum Gasteiger partial charge on any atom is -0.482 e. The smallest absolute Gasteiger partial charge is 0.262 e. The third kappa shape index (κ3) is 2.26. The van der Waals surface area contributed by atoms with Crippen LogP contribution in [-0.4, -0.2) is 18.1 Å². The van der Waals surface area contributed by atoms with Gasteiger partial charge in [0.2, 0.25) is 0 Å². The van der Waals surface area contributed by atoms with Gasteiger partial charge in [-0.05, 0) is 37.5 Å². The molecule has 1 amide bonds. The number of hydrogen-bond donors (Lipinski definition) is 2. The molecule has 90 valence electrons. The van der Waals surface area contributed by atoms with Crippen LogP contribution in [0.1, 0.15) is 25.3 Å². The van der Waals surface area contributed by atoms with Gasteiger partial charge < -0.3 is 15.4 Å². The second kappa shape index (κ2) is 3.74. The van der Waals surface area contributed by atoms with Gasteiger partial charge in [-0.15, -0.1) is 0 Å². The summed E-state index contributed by atoms with van der Waals surface area (Å²) in [5, 5.41) is 6.34. The van der Waals surface area contributed by atoms with Gasteiger partial charge in [-0.1, -0.05) is 6.07 Å². The van der Waals surface area contributed by atoms with Gasteiger partial charge in [-0.25, -0.2) is 0 Å². The highest BCUT2D eigenvalue weighted by Gasteiger charge is 2.36.